The molecule has 3 rings (SSSR count). The summed E-state index contributed by atoms with van der Waals surface area (Å²) in [6.45, 7) is 8.24. The Balaban J connectivity index is 1.92. The minimum atomic E-state index is 0.870. The third kappa shape index (κ3) is 3.86. The molecule has 0 aromatic heterocycles. The van der Waals surface area contributed by atoms with Crippen LogP contribution in [0, 0.1) is 6.92 Å². The van der Waals surface area contributed by atoms with E-state index in [1.54, 1.807) is 0 Å². The van der Waals surface area contributed by atoms with Gasteiger partial charge in [-0.1, -0.05) is 67.2 Å². The van der Waals surface area contributed by atoms with Crippen LogP contribution in [0.1, 0.15) is 18.1 Å². The maximum atomic E-state index is 4.42. The lowest BCUT2D eigenvalue weighted by Gasteiger charge is -2.15. The van der Waals surface area contributed by atoms with Crippen molar-refractivity contribution in [1.29, 1.82) is 0 Å². The first kappa shape index (κ1) is 16.7. The van der Waals surface area contributed by atoms with E-state index in [0.29, 0.717) is 0 Å². The van der Waals surface area contributed by atoms with Gasteiger partial charge in [0, 0.05) is 23.2 Å². The quantitative estimate of drug-likeness (QED) is 0.534. The maximum Gasteiger partial charge on any atom is 0.0675 e. The molecule has 0 atom stereocenters. The highest BCUT2D eigenvalue weighted by Gasteiger charge is 2.08. The Morgan fingerprint density at radius 3 is 2.44 bits per heavy atom. The molecule has 2 nitrogen and oxygen atoms in total. The molecule has 1 N–H and O–H groups in total. The molecule has 3 aromatic carbocycles. The van der Waals surface area contributed by atoms with Gasteiger partial charge in [-0.25, -0.2) is 0 Å². The fourth-order valence-corrected chi connectivity index (χ4v) is 2.82. The first-order chi connectivity index (χ1) is 12.2. The van der Waals surface area contributed by atoms with Gasteiger partial charge >= 0.3 is 0 Å². The van der Waals surface area contributed by atoms with Crippen molar-refractivity contribution < 1.29 is 0 Å². The Labute approximate surface area is 149 Å². The monoisotopic (exact) mass is 326 g/mol. The van der Waals surface area contributed by atoms with Crippen molar-refractivity contribution in [3.8, 4) is 11.1 Å². The summed E-state index contributed by atoms with van der Waals surface area (Å²) in [5.74, 6) is 0. The van der Waals surface area contributed by atoms with E-state index in [1.807, 2.05) is 31.3 Å². The average Bonchev–Trinajstić information content (AvgIpc) is 2.65. The van der Waals surface area contributed by atoms with Gasteiger partial charge in [-0.2, -0.15) is 0 Å². The molecule has 0 saturated carbocycles. The number of anilines is 1. The zero-order valence-electron chi connectivity index (χ0n) is 14.7. The van der Waals surface area contributed by atoms with E-state index >= 15 is 0 Å². The summed E-state index contributed by atoms with van der Waals surface area (Å²) in [5, 5.41) is 3.43. The number of hydrogen-bond acceptors (Lipinski definition) is 2. The normalized spacial score (nSPS) is 10.8. The summed E-state index contributed by atoms with van der Waals surface area (Å²) in [5.41, 5.74) is 7.42. The van der Waals surface area contributed by atoms with Crippen molar-refractivity contribution in [2.24, 2.45) is 4.99 Å². The minimum absolute atomic E-state index is 0.870. The molecule has 2 heteroatoms. The highest BCUT2D eigenvalue weighted by Crippen LogP contribution is 2.30. The fourth-order valence-electron chi connectivity index (χ4n) is 2.82. The molecule has 0 radical (unpaired) electrons. The molecule has 0 saturated heterocycles. The third-order valence-corrected chi connectivity index (χ3v) is 4.11. The predicted molar refractivity (Wildman–Crippen MR) is 110 cm³/mol. The van der Waals surface area contributed by atoms with E-state index in [-0.39, 0.29) is 0 Å². The summed E-state index contributed by atoms with van der Waals surface area (Å²) in [7, 11) is 0. The van der Waals surface area contributed by atoms with E-state index in [0.717, 1.165) is 28.2 Å². The number of benzene rings is 3. The van der Waals surface area contributed by atoms with Gasteiger partial charge in [0.1, 0.15) is 0 Å². The van der Waals surface area contributed by atoms with Gasteiger partial charge in [0.25, 0.3) is 0 Å². The Kier molecular flexibility index (Phi) is 5.10. The van der Waals surface area contributed by atoms with Gasteiger partial charge in [0.15, 0.2) is 0 Å². The number of aryl methyl sites for hydroxylation is 1. The Morgan fingerprint density at radius 1 is 0.960 bits per heavy atom. The van der Waals surface area contributed by atoms with Crippen molar-refractivity contribution in [3.63, 3.8) is 0 Å². The van der Waals surface area contributed by atoms with E-state index in [9.17, 15) is 0 Å². The van der Waals surface area contributed by atoms with Crippen LogP contribution < -0.4 is 5.32 Å². The lowest BCUT2D eigenvalue weighted by atomic mass is 9.98. The van der Waals surface area contributed by atoms with E-state index in [2.05, 4.69) is 78.4 Å². The molecule has 0 aliphatic rings. The van der Waals surface area contributed by atoms with Crippen LogP contribution in [0.4, 0.5) is 11.4 Å². The molecule has 0 aliphatic carbocycles. The second-order valence-corrected chi connectivity index (χ2v) is 5.90. The molecule has 0 unspecified atom stereocenters. The van der Waals surface area contributed by atoms with Gasteiger partial charge in [0.05, 0.1) is 5.69 Å². The van der Waals surface area contributed by atoms with Crippen LogP contribution in [-0.4, -0.2) is 6.21 Å². The van der Waals surface area contributed by atoms with Crippen molar-refractivity contribution in [1.82, 2.24) is 0 Å². The van der Waals surface area contributed by atoms with Crippen LogP contribution >= 0.6 is 0 Å². The van der Waals surface area contributed by atoms with Crippen LogP contribution in [-0.2, 0) is 0 Å². The highest BCUT2D eigenvalue weighted by molar-refractivity contribution is 5.86. The molecule has 0 fully saturated rings. The predicted octanol–water partition coefficient (Wildman–Crippen LogP) is 6.47. The highest BCUT2D eigenvalue weighted by atomic mass is 14.9. The molecular weight excluding hydrogens is 304 g/mol. The SMILES string of the molecule is C=C(Nc1ccc(C)c(N=CC)c1)c1ccccc1-c1ccccc1. The summed E-state index contributed by atoms with van der Waals surface area (Å²) in [6.07, 6.45) is 1.81. The van der Waals surface area contributed by atoms with Crippen LogP contribution in [0.25, 0.3) is 16.8 Å². The van der Waals surface area contributed by atoms with Crippen molar-refractivity contribution in [2.45, 2.75) is 13.8 Å². The first-order valence-electron chi connectivity index (χ1n) is 8.39. The Hall–Kier alpha value is -3.13. The number of aliphatic imine (C=N–C) groups is 1. The van der Waals surface area contributed by atoms with Gasteiger partial charge in [-0.3, -0.25) is 4.99 Å². The number of hydrogen-bond donors (Lipinski definition) is 1. The van der Waals surface area contributed by atoms with Crippen LogP contribution in [0.5, 0.6) is 0 Å². The molecule has 0 heterocycles. The molecular formula is C23H22N2. The molecule has 0 amide bonds. The van der Waals surface area contributed by atoms with Gasteiger partial charge in [0.2, 0.25) is 0 Å². The Bertz CT molecular complexity index is 908. The topological polar surface area (TPSA) is 24.4 Å². The summed E-state index contributed by atoms with van der Waals surface area (Å²) < 4.78 is 0. The smallest absolute Gasteiger partial charge is 0.0675 e. The standard InChI is InChI=1S/C23H22N2/c1-4-24-23-16-20(15-14-17(23)2)25-18(3)21-12-8-9-13-22(21)19-10-6-5-7-11-19/h4-16,25H,3H2,1-2H3. The maximum absolute atomic E-state index is 4.42. The number of nitrogens with one attached hydrogen (secondary N) is 1. The van der Waals surface area contributed by atoms with E-state index in [4.69, 9.17) is 0 Å². The molecule has 3 aromatic rings. The second-order valence-electron chi connectivity index (χ2n) is 5.90. The van der Waals surface area contributed by atoms with Crippen molar-refractivity contribution in [2.75, 3.05) is 5.32 Å². The fraction of sp³-hybridized carbons (Fsp3) is 0.0870. The summed E-state index contributed by atoms with van der Waals surface area (Å²) in [6, 6.07) is 24.9. The molecule has 124 valence electrons. The molecule has 0 spiro atoms. The van der Waals surface area contributed by atoms with Gasteiger partial charge < -0.3 is 5.32 Å². The largest absolute Gasteiger partial charge is 0.355 e. The lowest BCUT2D eigenvalue weighted by molar-refractivity contribution is 1.39. The van der Waals surface area contributed by atoms with E-state index < -0.39 is 0 Å². The third-order valence-electron chi connectivity index (χ3n) is 4.11. The number of rotatable bonds is 5. The van der Waals surface area contributed by atoms with Gasteiger partial charge in [-0.05, 0) is 42.7 Å². The van der Waals surface area contributed by atoms with Gasteiger partial charge in [-0.15, -0.1) is 0 Å². The molecule has 0 aliphatic heterocycles. The lowest BCUT2D eigenvalue weighted by Crippen LogP contribution is -1.99. The zero-order chi connectivity index (χ0) is 17.6. The van der Waals surface area contributed by atoms with Crippen LogP contribution in [0.2, 0.25) is 0 Å². The van der Waals surface area contributed by atoms with Crippen molar-refractivity contribution >= 4 is 23.3 Å². The second kappa shape index (κ2) is 7.63. The summed E-state index contributed by atoms with van der Waals surface area (Å²) >= 11 is 0. The molecule has 25 heavy (non-hydrogen) atoms. The van der Waals surface area contributed by atoms with E-state index in [1.165, 1.54) is 11.1 Å². The molecule has 0 bridgehead atoms. The van der Waals surface area contributed by atoms with Crippen LogP contribution in [0.15, 0.2) is 84.4 Å². The first-order valence-corrected chi connectivity index (χ1v) is 8.39. The average molecular weight is 326 g/mol. The Morgan fingerprint density at radius 2 is 1.68 bits per heavy atom. The summed E-state index contributed by atoms with van der Waals surface area (Å²) in [4.78, 5) is 4.42. The van der Waals surface area contributed by atoms with Crippen LogP contribution in [0.3, 0.4) is 0 Å². The number of nitrogens with zero attached hydrogens (tertiary/aromatic N) is 1. The zero-order valence-corrected chi connectivity index (χ0v) is 14.7. The minimum Gasteiger partial charge on any atom is -0.355 e. The van der Waals surface area contributed by atoms with Crippen molar-refractivity contribution in [3.05, 3.63) is 90.5 Å².